The van der Waals surface area contributed by atoms with Crippen LogP contribution in [0.15, 0.2) is 18.2 Å². The third kappa shape index (κ3) is 4.27. The SMILES string of the molecule is Cc1cccc(NC(=O)N[C@H](CC(=O)O)C(=O)O)c1C. The number of hydrogen-bond donors (Lipinski definition) is 4. The van der Waals surface area contributed by atoms with Gasteiger partial charge < -0.3 is 20.8 Å². The van der Waals surface area contributed by atoms with Crippen molar-refractivity contribution in [2.45, 2.75) is 26.3 Å². The normalized spacial score (nSPS) is 11.5. The van der Waals surface area contributed by atoms with Crippen molar-refractivity contribution in [2.24, 2.45) is 0 Å². The number of anilines is 1. The Balaban J connectivity index is 2.73. The van der Waals surface area contributed by atoms with E-state index in [4.69, 9.17) is 10.2 Å². The van der Waals surface area contributed by atoms with Crippen LogP contribution in [0.2, 0.25) is 0 Å². The maximum absolute atomic E-state index is 11.7. The lowest BCUT2D eigenvalue weighted by atomic mass is 10.1. The highest BCUT2D eigenvalue weighted by Gasteiger charge is 2.23. The summed E-state index contributed by atoms with van der Waals surface area (Å²) in [5.74, 6) is -2.70. The van der Waals surface area contributed by atoms with Gasteiger partial charge in [-0.1, -0.05) is 12.1 Å². The van der Waals surface area contributed by atoms with Crippen molar-refractivity contribution in [3.05, 3.63) is 29.3 Å². The summed E-state index contributed by atoms with van der Waals surface area (Å²) in [6, 6.07) is 3.08. The Morgan fingerprint density at radius 3 is 2.40 bits per heavy atom. The molecular weight excluding hydrogens is 264 g/mol. The first-order valence-electron chi connectivity index (χ1n) is 5.89. The van der Waals surface area contributed by atoms with Crippen LogP contribution in [0, 0.1) is 13.8 Å². The smallest absolute Gasteiger partial charge is 0.326 e. The van der Waals surface area contributed by atoms with Crippen LogP contribution in [0.1, 0.15) is 17.5 Å². The number of carbonyl (C=O) groups excluding carboxylic acids is 1. The summed E-state index contributed by atoms with van der Waals surface area (Å²) in [4.78, 5) is 33.0. The highest BCUT2D eigenvalue weighted by molar-refractivity contribution is 5.94. The monoisotopic (exact) mass is 280 g/mol. The Bertz CT molecular complexity index is 542. The second-order valence-corrected chi connectivity index (χ2v) is 4.33. The van der Waals surface area contributed by atoms with Gasteiger partial charge in [0.1, 0.15) is 6.04 Å². The lowest BCUT2D eigenvalue weighted by Gasteiger charge is -2.15. The van der Waals surface area contributed by atoms with Crippen molar-refractivity contribution < 1.29 is 24.6 Å². The number of hydrogen-bond acceptors (Lipinski definition) is 3. The number of aryl methyl sites for hydroxylation is 1. The molecule has 0 saturated heterocycles. The Labute approximate surface area is 115 Å². The van der Waals surface area contributed by atoms with Crippen molar-refractivity contribution >= 4 is 23.7 Å². The number of carboxylic acid groups (broad SMARTS) is 2. The van der Waals surface area contributed by atoms with Gasteiger partial charge in [0.2, 0.25) is 0 Å². The zero-order valence-corrected chi connectivity index (χ0v) is 11.1. The molecule has 0 aliphatic rings. The summed E-state index contributed by atoms with van der Waals surface area (Å²) in [5, 5.41) is 22.0. The van der Waals surface area contributed by atoms with E-state index in [1.807, 2.05) is 19.9 Å². The minimum Gasteiger partial charge on any atom is -0.481 e. The third-order valence-electron chi connectivity index (χ3n) is 2.83. The number of aliphatic carboxylic acids is 2. The molecular formula is C13H16N2O5. The molecule has 2 amide bonds. The quantitative estimate of drug-likeness (QED) is 0.649. The van der Waals surface area contributed by atoms with E-state index in [1.165, 1.54) is 0 Å². The van der Waals surface area contributed by atoms with Crippen LogP contribution in [0.5, 0.6) is 0 Å². The van der Waals surface area contributed by atoms with Gasteiger partial charge in [0.15, 0.2) is 0 Å². The molecule has 7 heteroatoms. The average molecular weight is 280 g/mol. The van der Waals surface area contributed by atoms with Crippen molar-refractivity contribution in [2.75, 3.05) is 5.32 Å². The number of carboxylic acids is 2. The minimum absolute atomic E-state index is 0.543. The van der Waals surface area contributed by atoms with Crippen molar-refractivity contribution in [3.8, 4) is 0 Å². The molecule has 0 aliphatic heterocycles. The lowest BCUT2D eigenvalue weighted by Crippen LogP contribution is -2.44. The summed E-state index contributed by atoms with van der Waals surface area (Å²) in [6.45, 7) is 3.69. The molecule has 7 nitrogen and oxygen atoms in total. The topological polar surface area (TPSA) is 116 Å². The first kappa shape index (κ1) is 15.5. The summed E-state index contributed by atoms with van der Waals surface area (Å²) in [6.07, 6.45) is -0.685. The maximum atomic E-state index is 11.7. The van der Waals surface area contributed by atoms with Gasteiger partial charge >= 0.3 is 18.0 Å². The van der Waals surface area contributed by atoms with E-state index in [0.717, 1.165) is 11.1 Å². The van der Waals surface area contributed by atoms with Gasteiger partial charge in [-0.2, -0.15) is 0 Å². The Hall–Kier alpha value is -2.57. The van der Waals surface area contributed by atoms with Gasteiger partial charge in [0.05, 0.1) is 6.42 Å². The number of carbonyl (C=O) groups is 3. The molecule has 0 heterocycles. The fourth-order valence-corrected chi connectivity index (χ4v) is 1.58. The molecule has 1 aromatic carbocycles. The van der Waals surface area contributed by atoms with E-state index < -0.39 is 30.4 Å². The molecule has 0 aliphatic carbocycles. The van der Waals surface area contributed by atoms with E-state index in [0.29, 0.717) is 5.69 Å². The van der Waals surface area contributed by atoms with Gasteiger partial charge in [-0.25, -0.2) is 9.59 Å². The molecule has 0 bridgehead atoms. The molecule has 4 N–H and O–H groups in total. The van der Waals surface area contributed by atoms with Gasteiger partial charge in [-0.15, -0.1) is 0 Å². The fourth-order valence-electron chi connectivity index (χ4n) is 1.58. The highest BCUT2D eigenvalue weighted by atomic mass is 16.4. The van der Waals surface area contributed by atoms with E-state index in [-0.39, 0.29) is 0 Å². The molecule has 0 aromatic heterocycles. The second-order valence-electron chi connectivity index (χ2n) is 4.33. The molecule has 1 rings (SSSR count). The van der Waals surface area contributed by atoms with Crippen molar-refractivity contribution in [1.29, 1.82) is 0 Å². The largest absolute Gasteiger partial charge is 0.481 e. The lowest BCUT2D eigenvalue weighted by molar-refractivity contribution is -0.145. The Morgan fingerprint density at radius 2 is 1.85 bits per heavy atom. The Morgan fingerprint density at radius 1 is 1.20 bits per heavy atom. The fraction of sp³-hybridized carbons (Fsp3) is 0.308. The first-order chi connectivity index (χ1) is 9.31. The van der Waals surface area contributed by atoms with Crippen LogP contribution < -0.4 is 10.6 Å². The molecule has 0 saturated carbocycles. The number of amides is 2. The average Bonchev–Trinajstić information content (AvgIpc) is 2.33. The predicted octanol–water partition coefficient (Wildman–Crippen LogP) is 1.35. The second kappa shape index (κ2) is 6.55. The van der Waals surface area contributed by atoms with E-state index >= 15 is 0 Å². The molecule has 0 unspecified atom stereocenters. The zero-order valence-electron chi connectivity index (χ0n) is 11.1. The number of nitrogens with one attached hydrogen (secondary N) is 2. The van der Waals surface area contributed by atoms with Gasteiger partial charge in [0, 0.05) is 5.69 Å². The van der Waals surface area contributed by atoms with E-state index in [1.54, 1.807) is 12.1 Å². The molecule has 1 atom stereocenters. The number of rotatable bonds is 5. The molecule has 20 heavy (non-hydrogen) atoms. The van der Waals surface area contributed by atoms with Gasteiger partial charge in [-0.3, -0.25) is 4.79 Å². The number of benzene rings is 1. The molecule has 1 aromatic rings. The van der Waals surface area contributed by atoms with Crippen LogP contribution in [0.3, 0.4) is 0 Å². The maximum Gasteiger partial charge on any atom is 0.326 e. The van der Waals surface area contributed by atoms with Crippen molar-refractivity contribution in [1.82, 2.24) is 5.32 Å². The van der Waals surface area contributed by atoms with Crippen LogP contribution in [0.25, 0.3) is 0 Å². The molecule has 108 valence electrons. The number of urea groups is 1. The molecule has 0 radical (unpaired) electrons. The Kier molecular flexibility index (Phi) is 5.08. The van der Waals surface area contributed by atoms with Crippen LogP contribution in [-0.2, 0) is 9.59 Å². The predicted molar refractivity (Wildman–Crippen MR) is 71.7 cm³/mol. The highest BCUT2D eigenvalue weighted by Crippen LogP contribution is 2.17. The van der Waals surface area contributed by atoms with Crippen LogP contribution in [-0.4, -0.2) is 34.2 Å². The standard InChI is InChI=1S/C13H16N2O5/c1-7-4-3-5-9(8(7)2)14-13(20)15-10(12(18)19)6-11(16)17/h3-5,10H,6H2,1-2H3,(H,16,17)(H,18,19)(H2,14,15,20)/t10-/m1/s1. The summed E-state index contributed by atoms with van der Waals surface area (Å²) < 4.78 is 0. The minimum atomic E-state index is -1.47. The van der Waals surface area contributed by atoms with Gasteiger partial charge in [-0.05, 0) is 31.0 Å². The van der Waals surface area contributed by atoms with E-state index in [9.17, 15) is 14.4 Å². The van der Waals surface area contributed by atoms with E-state index in [2.05, 4.69) is 10.6 Å². The summed E-state index contributed by atoms with van der Waals surface area (Å²) in [5.41, 5.74) is 2.37. The first-order valence-corrected chi connectivity index (χ1v) is 5.89. The van der Waals surface area contributed by atoms with Crippen LogP contribution in [0.4, 0.5) is 10.5 Å². The van der Waals surface area contributed by atoms with Crippen molar-refractivity contribution in [3.63, 3.8) is 0 Å². The zero-order chi connectivity index (χ0) is 15.3. The van der Waals surface area contributed by atoms with Gasteiger partial charge in [0.25, 0.3) is 0 Å². The summed E-state index contributed by atoms with van der Waals surface area (Å²) in [7, 11) is 0. The molecule has 0 fully saturated rings. The molecule has 0 spiro atoms. The van der Waals surface area contributed by atoms with Crippen LogP contribution >= 0.6 is 0 Å². The third-order valence-corrected chi connectivity index (χ3v) is 2.83. The summed E-state index contributed by atoms with van der Waals surface area (Å²) >= 11 is 0.